The Morgan fingerprint density at radius 3 is 2.50 bits per heavy atom. The molecule has 0 saturated carbocycles. The Morgan fingerprint density at radius 2 is 1.80 bits per heavy atom. The number of aliphatic hydroxyl groups is 1. The fourth-order valence-electron chi connectivity index (χ4n) is 3.34. The Kier molecular flexibility index (Phi) is 9.13. The molecule has 0 aliphatic rings. The molecule has 30 heavy (non-hydrogen) atoms. The van der Waals surface area contributed by atoms with E-state index in [0.717, 1.165) is 17.6 Å². The Balaban J connectivity index is 2.28. The van der Waals surface area contributed by atoms with Crippen LogP contribution in [0.3, 0.4) is 0 Å². The minimum Gasteiger partial charge on any atom is -0.392 e. The molecule has 0 aliphatic heterocycles. The van der Waals surface area contributed by atoms with Crippen molar-refractivity contribution in [3.63, 3.8) is 0 Å². The predicted octanol–water partition coefficient (Wildman–Crippen LogP) is 6.97. The van der Waals surface area contributed by atoms with Gasteiger partial charge in [-0.05, 0) is 66.7 Å². The van der Waals surface area contributed by atoms with E-state index in [1.54, 1.807) is 0 Å². The molecule has 0 saturated heterocycles. The lowest BCUT2D eigenvalue weighted by molar-refractivity contribution is 0.331. The van der Waals surface area contributed by atoms with Gasteiger partial charge < -0.3 is 5.11 Å². The van der Waals surface area contributed by atoms with Crippen molar-refractivity contribution in [3.8, 4) is 12.3 Å². The molecule has 0 amide bonds. The van der Waals surface area contributed by atoms with Crippen LogP contribution in [0.1, 0.15) is 33.3 Å². The molecule has 1 nitrogen and oxygen atoms in total. The predicted molar refractivity (Wildman–Crippen MR) is 131 cm³/mol. The van der Waals surface area contributed by atoms with Crippen molar-refractivity contribution in [2.24, 2.45) is 5.92 Å². The van der Waals surface area contributed by atoms with E-state index in [-0.39, 0.29) is 12.5 Å². The Bertz CT molecular complexity index is 1050. The van der Waals surface area contributed by atoms with Crippen LogP contribution < -0.4 is 0 Å². The first-order chi connectivity index (χ1) is 14.5. The number of rotatable bonds is 8. The third kappa shape index (κ3) is 6.48. The Hall–Kier alpha value is -3.08. The number of benzene rings is 2. The second-order valence-electron chi connectivity index (χ2n) is 7.64. The van der Waals surface area contributed by atoms with Gasteiger partial charge in [0.25, 0.3) is 0 Å². The molecule has 0 aliphatic carbocycles. The number of aliphatic hydroxyl groups excluding tert-OH is 1. The molecule has 154 valence electrons. The molecular weight excluding hydrogens is 364 g/mol. The maximum Gasteiger partial charge on any atom is 0.0642 e. The molecule has 2 rings (SSSR count). The van der Waals surface area contributed by atoms with E-state index in [1.807, 2.05) is 26.0 Å². The highest BCUT2D eigenvalue weighted by molar-refractivity contribution is 5.85. The van der Waals surface area contributed by atoms with Crippen molar-refractivity contribution < 1.29 is 5.11 Å². The molecule has 1 atom stereocenters. The summed E-state index contributed by atoms with van der Waals surface area (Å²) in [5, 5.41) is 11.7. The lowest BCUT2D eigenvalue weighted by Crippen LogP contribution is -1.95. The normalized spacial score (nSPS) is 14.9. The quantitative estimate of drug-likeness (QED) is 0.377. The van der Waals surface area contributed by atoms with E-state index < -0.39 is 0 Å². The van der Waals surface area contributed by atoms with Crippen LogP contribution in [-0.2, 0) is 6.42 Å². The Morgan fingerprint density at radius 1 is 1.07 bits per heavy atom. The first kappa shape index (κ1) is 23.2. The molecule has 0 bridgehead atoms. The van der Waals surface area contributed by atoms with Gasteiger partial charge in [0.2, 0.25) is 0 Å². The van der Waals surface area contributed by atoms with Gasteiger partial charge in [-0.25, -0.2) is 0 Å². The molecular formula is C29H32O. The number of hydrogen-bond donors (Lipinski definition) is 1. The standard InChI is InChI=1S/C29H32O/c1-6-11-26(18-16-22(3)21-30)23(4)17-19-25(7-2)24(5)20-28-14-10-13-27-12-8-9-15-29(27)28/h2,6,8-19,23,30H,20-21H2,1,3-5H3/b11-6-,19-17-,22-16+,25-24+,26-18+. The highest BCUT2D eigenvalue weighted by Gasteiger charge is 2.05. The van der Waals surface area contributed by atoms with Gasteiger partial charge in [-0.2, -0.15) is 0 Å². The van der Waals surface area contributed by atoms with Crippen LogP contribution in [0.4, 0.5) is 0 Å². The Labute approximate surface area is 181 Å². The topological polar surface area (TPSA) is 20.2 Å². The van der Waals surface area contributed by atoms with Crippen molar-refractivity contribution in [3.05, 3.63) is 107 Å². The highest BCUT2D eigenvalue weighted by atomic mass is 16.3. The van der Waals surface area contributed by atoms with E-state index in [1.165, 1.54) is 27.5 Å². The second kappa shape index (κ2) is 11.8. The van der Waals surface area contributed by atoms with Crippen molar-refractivity contribution >= 4 is 10.8 Å². The number of allylic oxidation sites excluding steroid dienone is 9. The summed E-state index contributed by atoms with van der Waals surface area (Å²) in [5.41, 5.74) is 5.51. The van der Waals surface area contributed by atoms with Crippen LogP contribution in [0.5, 0.6) is 0 Å². The maximum absolute atomic E-state index is 9.21. The van der Waals surface area contributed by atoms with Crippen LogP contribution in [0.2, 0.25) is 0 Å². The molecule has 1 unspecified atom stereocenters. The molecule has 2 aromatic carbocycles. The van der Waals surface area contributed by atoms with Gasteiger partial charge in [-0.1, -0.05) is 91.3 Å². The third-order valence-corrected chi connectivity index (χ3v) is 5.20. The van der Waals surface area contributed by atoms with Crippen LogP contribution in [0, 0.1) is 18.3 Å². The summed E-state index contributed by atoms with van der Waals surface area (Å²) in [6, 6.07) is 14.9. The average molecular weight is 397 g/mol. The number of hydrogen-bond acceptors (Lipinski definition) is 1. The second-order valence-corrected chi connectivity index (χ2v) is 7.64. The van der Waals surface area contributed by atoms with Crippen LogP contribution in [0.15, 0.2) is 101 Å². The number of fused-ring (bicyclic) bond motifs is 1. The van der Waals surface area contributed by atoms with E-state index in [2.05, 4.69) is 86.5 Å². The summed E-state index contributed by atoms with van der Waals surface area (Å²) in [6.45, 7) is 8.26. The summed E-state index contributed by atoms with van der Waals surface area (Å²) in [7, 11) is 0. The van der Waals surface area contributed by atoms with Crippen molar-refractivity contribution in [2.75, 3.05) is 6.61 Å². The monoisotopic (exact) mass is 396 g/mol. The molecule has 2 aromatic rings. The highest BCUT2D eigenvalue weighted by Crippen LogP contribution is 2.23. The van der Waals surface area contributed by atoms with Crippen molar-refractivity contribution in [2.45, 2.75) is 34.1 Å². The van der Waals surface area contributed by atoms with E-state index in [4.69, 9.17) is 6.42 Å². The van der Waals surface area contributed by atoms with Gasteiger partial charge in [0.05, 0.1) is 6.61 Å². The maximum atomic E-state index is 9.21. The molecule has 1 N–H and O–H groups in total. The largest absolute Gasteiger partial charge is 0.392 e. The lowest BCUT2D eigenvalue weighted by atomic mass is 9.94. The van der Waals surface area contributed by atoms with Gasteiger partial charge in [0.15, 0.2) is 0 Å². The summed E-state index contributed by atoms with van der Waals surface area (Å²) in [6.07, 6.45) is 19.0. The minimum absolute atomic E-state index is 0.0706. The zero-order valence-corrected chi connectivity index (χ0v) is 18.5. The van der Waals surface area contributed by atoms with Gasteiger partial charge in [-0.3, -0.25) is 0 Å². The summed E-state index contributed by atoms with van der Waals surface area (Å²) in [5.74, 6) is 3.07. The summed E-state index contributed by atoms with van der Waals surface area (Å²) >= 11 is 0. The van der Waals surface area contributed by atoms with E-state index in [9.17, 15) is 5.11 Å². The molecule has 0 radical (unpaired) electrons. The van der Waals surface area contributed by atoms with E-state index in [0.29, 0.717) is 0 Å². The van der Waals surface area contributed by atoms with Crippen molar-refractivity contribution in [1.82, 2.24) is 0 Å². The van der Waals surface area contributed by atoms with Gasteiger partial charge >= 0.3 is 0 Å². The smallest absolute Gasteiger partial charge is 0.0642 e. The van der Waals surface area contributed by atoms with E-state index >= 15 is 0 Å². The lowest BCUT2D eigenvalue weighted by Gasteiger charge is -2.10. The van der Waals surface area contributed by atoms with Crippen LogP contribution in [0.25, 0.3) is 10.8 Å². The molecule has 1 heteroatoms. The van der Waals surface area contributed by atoms with Crippen molar-refractivity contribution in [1.29, 1.82) is 0 Å². The zero-order valence-electron chi connectivity index (χ0n) is 18.5. The molecule has 0 fully saturated rings. The fourth-order valence-corrected chi connectivity index (χ4v) is 3.34. The van der Waals surface area contributed by atoms with Gasteiger partial charge in [0, 0.05) is 5.57 Å². The van der Waals surface area contributed by atoms with Gasteiger partial charge in [0.1, 0.15) is 0 Å². The van der Waals surface area contributed by atoms with Crippen LogP contribution >= 0.6 is 0 Å². The first-order valence-electron chi connectivity index (χ1n) is 10.4. The third-order valence-electron chi connectivity index (χ3n) is 5.20. The van der Waals surface area contributed by atoms with Crippen LogP contribution in [-0.4, -0.2) is 11.7 Å². The SMILES string of the molecule is C#CC(/C=C\C(C)C(/C=C\C)=C/C=C(\C)CO)=C(/C)Cc1cccc2ccccc12. The van der Waals surface area contributed by atoms with Gasteiger partial charge in [-0.15, -0.1) is 6.42 Å². The first-order valence-corrected chi connectivity index (χ1v) is 10.4. The minimum atomic E-state index is 0.0706. The molecule has 0 heterocycles. The molecule has 0 aromatic heterocycles. The molecule has 0 spiro atoms. The summed E-state index contributed by atoms with van der Waals surface area (Å²) < 4.78 is 0. The fraction of sp³-hybridized carbons (Fsp3) is 0.241. The summed E-state index contributed by atoms with van der Waals surface area (Å²) in [4.78, 5) is 0. The average Bonchev–Trinajstić information content (AvgIpc) is 2.76. The zero-order chi connectivity index (χ0) is 21.9. The number of terminal acetylenes is 1.